The Hall–Kier alpha value is -2.95. The van der Waals surface area contributed by atoms with E-state index in [2.05, 4.69) is 23.8 Å². The molecule has 0 aliphatic heterocycles. The van der Waals surface area contributed by atoms with Crippen molar-refractivity contribution in [3.05, 3.63) is 60.9 Å². The van der Waals surface area contributed by atoms with Gasteiger partial charge in [0.25, 0.3) is 0 Å². The molecule has 0 saturated carbocycles. The van der Waals surface area contributed by atoms with Crippen LogP contribution in [-0.2, 0) is 0 Å². The molecule has 1 atom stereocenters. The minimum Gasteiger partial charge on any atom is -0.494 e. The van der Waals surface area contributed by atoms with Gasteiger partial charge in [-0.3, -0.25) is 0 Å². The molecule has 0 fully saturated rings. The lowest BCUT2D eigenvalue weighted by Gasteiger charge is -2.11. The number of ether oxygens (including phenoxy) is 2. The summed E-state index contributed by atoms with van der Waals surface area (Å²) in [7, 11) is 0. The molecule has 3 rings (SSSR count). The van der Waals surface area contributed by atoms with Gasteiger partial charge in [0.1, 0.15) is 24.3 Å². The monoisotopic (exact) mass is 450 g/mol. The summed E-state index contributed by atoms with van der Waals surface area (Å²) >= 11 is 0. The van der Waals surface area contributed by atoms with Crippen molar-refractivity contribution in [2.45, 2.75) is 65.0 Å². The molecule has 0 saturated heterocycles. The zero-order chi connectivity index (χ0) is 23.3. The molecular weight excluding hydrogens is 415 g/mol. The SMILES string of the molecule is CCCCCCC(F)COc1ccc(-c2ncc(-c3ccc(OCCCC)cc3)cn2)cc1. The Kier molecular flexibility index (Phi) is 10.1. The molecule has 0 aliphatic carbocycles. The van der Waals surface area contributed by atoms with Gasteiger partial charge in [-0.2, -0.15) is 0 Å². The molecule has 4 nitrogen and oxygen atoms in total. The van der Waals surface area contributed by atoms with E-state index in [0.717, 1.165) is 61.2 Å². The molecule has 2 aromatic carbocycles. The van der Waals surface area contributed by atoms with Crippen molar-refractivity contribution >= 4 is 0 Å². The van der Waals surface area contributed by atoms with E-state index in [1.807, 2.05) is 60.9 Å². The van der Waals surface area contributed by atoms with Gasteiger partial charge in [0.05, 0.1) is 6.61 Å². The summed E-state index contributed by atoms with van der Waals surface area (Å²) in [5.41, 5.74) is 2.89. The molecule has 0 spiro atoms. The van der Waals surface area contributed by atoms with Gasteiger partial charge >= 0.3 is 0 Å². The smallest absolute Gasteiger partial charge is 0.159 e. The first-order valence-electron chi connectivity index (χ1n) is 12.1. The minimum atomic E-state index is -0.922. The Balaban J connectivity index is 1.51. The fourth-order valence-electron chi connectivity index (χ4n) is 3.47. The first-order chi connectivity index (χ1) is 16.2. The zero-order valence-corrected chi connectivity index (χ0v) is 19.8. The highest BCUT2D eigenvalue weighted by Gasteiger charge is 2.08. The fraction of sp³-hybridized carbons (Fsp3) is 0.429. The number of halogens is 1. The Morgan fingerprint density at radius 1 is 0.697 bits per heavy atom. The predicted octanol–water partition coefficient (Wildman–Crippen LogP) is 7.68. The lowest BCUT2D eigenvalue weighted by atomic mass is 10.1. The third-order valence-electron chi connectivity index (χ3n) is 5.52. The molecule has 1 heterocycles. The van der Waals surface area contributed by atoms with Crippen molar-refractivity contribution in [1.29, 1.82) is 0 Å². The van der Waals surface area contributed by atoms with Crippen LogP contribution in [0.2, 0.25) is 0 Å². The van der Waals surface area contributed by atoms with Crippen molar-refractivity contribution in [3.8, 4) is 34.0 Å². The van der Waals surface area contributed by atoms with Crippen LogP contribution >= 0.6 is 0 Å². The molecule has 0 aliphatic rings. The van der Waals surface area contributed by atoms with Gasteiger partial charge in [-0.1, -0.05) is 58.1 Å². The molecule has 33 heavy (non-hydrogen) atoms. The fourth-order valence-corrected chi connectivity index (χ4v) is 3.47. The summed E-state index contributed by atoms with van der Waals surface area (Å²) in [6.45, 7) is 5.14. The van der Waals surface area contributed by atoms with Crippen molar-refractivity contribution in [2.75, 3.05) is 13.2 Å². The molecule has 176 valence electrons. The van der Waals surface area contributed by atoms with Gasteiger partial charge in [-0.05, 0) is 54.8 Å². The lowest BCUT2D eigenvalue weighted by molar-refractivity contribution is 0.184. The van der Waals surface area contributed by atoms with Crippen LogP contribution in [0, 0.1) is 0 Å². The Bertz CT molecular complexity index is 928. The largest absolute Gasteiger partial charge is 0.494 e. The molecule has 1 unspecified atom stereocenters. The molecular formula is C28H35FN2O2. The van der Waals surface area contributed by atoms with E-state index >= 15 is 0 Å². The molecule has 0 N–H and O–H groups in total. The average molecular weight is 451 g/mol. The summed E-state index contributed by atoms with van der Waals surface area (Å²) in [4.78, 5) is 9.04. The summed E-state index contributed by atoms with van der Waals surface area (Å²) < 4.78 is 25.3. The molecule has 0 bridgehead atoms. The van der Waals surface area contributed by atoms with Crippen LogP contribution in [0.5, 0.6) is 11.5 Å². The third-order valence-corrected chi connectivity index (χ3v) is 5.52. The number of alkyl halides is 1. The van der Waals surface area contributed by atoms with Gasteiger partial charge in [-0.15, -0.1) is 0 Å². The van der Waals surface area contributed by atoms with Crippen LogP contribution in [0.15, 0.2) is 60.9 Å². The number of benzene rings is 2. The highest BCUT2D eigenvalue weighted by molar-refractivity contribution is 5.64. The Labute approximate surface area is 197 Å². The maximum absolute atomic E-state index is 14.0. The predicted molar refractivity (Wildman–Crippen MR) is 132 cm³/mol. The summed E-state index contributed by atoms with van der Waals surface area (Å²) in [6, 6.07) is 15.5. The number of hydrogen-bond acceptors (Lipinski definition) is 4. The molecule has 0 amide bonds. The van der Waals surface area contributed by atoms with Crippen LogP contribution in [-0.4, -0.2) is 29.4 Å². The lowest BCUT2D eigenvalue weighted by Crippen LogP contribution is -2.12. The van der Waals surface area contributed by atoms with E-state index in [1.165, 1.54) is 6.42 Å². The van der Waals surface area contributed by atoms with Crippen molar-refractivity contribution in [3.63, 3.8) is 0 Å². The maximum atomic E-state index is 14.0. The average Bonchev–Trinajstić information content (AvgIpc) is 2.86. The number of nitrogens with zero attached hydrogens (tertiary/aromatic N) is 2. The summed E-state index contributed by atoms with van der Waals surface area (Å²) in [6.07, 6.45) is 9.80. The molecule has 0 radical (unpaired) electrons. The zero-order valence-electron chi connectivity index (χ0n) is 19.8. The van der Waals surface area contributed by atoms with Gasteiger partial charge < -0.3 is 9.47 Å². The van der Waals surface area contributed by atoms with Crippen molar-refractivity contribution in [1.82, 2.24) is 9.97 Å². The second-order valence-corrected chi connectivity index (χ2v) is 8.30. The van der Waals surface area contributed by atoms with E-state index in [1.54, 1.807) is 0 Å². The molecule has 5 heteroatoms. The number of hydrogen-bond donors (Lipinski definition) is 0. The molecule has 3 aromatic rings. The van der Waals surface area contributed by atoms with Crippen LogP contribution < -0.4 is 9.47 Å². The Morgan fingerprint density at radius 3 is 1.94 bits per heavy atom. The second kappa shape index (κ2) is 13.6. The van der Waals surface area contributed by atoms with Crippen molar-refractivity contribution in [2.24, 2.45) is 0 Å². The normalized spacial score (nSPS) is 11.8. The minimum absolute atomic E-state index is 0.0963. The first kappa shape index (κ1) is 24.7. The number of unbranched alkanes of at least 4 members (excludes halogenated alkanes) is 4. The standard InChI is InChI=1S/C28H35FN2O2/c1-3-5-7-8-9-25(29)21-33-27-16-12-23(13-17-27)28-30-19-24(20-31-28)22-10-14-26(15-11-22)32-18-6-4-2/h10-17,19-20,25H,3-9,18,21H2,1-2H3. The van der Waals surface area contributed by atoms with E-state index < -0.39 is 6.17 Å². The maximum Gasteiger partial charge on any atom is 0.159 e. The van der Waals surface area contributed by atoms with E-state index in [0.29, 0.717) is 18.0 Å². The topological polar surface area (TPSA) is 44.2 Å². The summed E-state index contributed by atoms with van der Waals surface area (Å²) in [5.74, 6) is 2.18. The quantitative estimate of drug-likeness (QED) is 0.236. The van der Waals surface area contributed by atoms with Crippen LogP contribution in [0.25, 0.3) is 22.5 Å². The van der Waals surface area contributed by atoms with E-state index in [-0.39, 0.29) is 6.61 Å². The van der Waals surface area contributed by atoms with Crippen LogP contribution in [0.1, 0.15) is 58.8 Å². The van der Waals surface area contributed by atoms with Gasteiger partial charge in [0.15, 0.2) is 5.82 Å². The second-order valence-electron chi connectivity index (χ2n) is 8.30. The van der Waals surface area contributed by atoms with Crippen LogP contribution in [0.3, 0.4) is 0 Å². The Morgan fingerprint density at radius 2 is 1.30 bits per heavy atom. The highest BCUT2D eigenvalue weighted by Crippen LogP contribution is 2.24. The van der Waals surface area contributed by atoms with E-state index in [9.17, 15) is 4.39 Å². The number of rotatable bonds is 14. The van der Waals surface area contributed by atoms with Gasteiger partial charge in [-0.25, -0.2) is 14.4 Å². The molecule has 1 aromatic heterocycles. The first-order valence-corrected chi connectivity index (χ1v) is 12.1. The highest BCUT2D eigenvalue weighted by atomic mass is 19.1. The van der Waals surface area contributed by atoms with E-state index in [4.69, 9.17) is 9.47 Å². The van der Waals surface area contributed by atoms with Crippen LogP contribution in [0.4, 0.5) is 4.39 Å². The third kappa shape index (κ3) is 8.16. The van der Waals surface area contributed by atoms with Crippen molar-refractivity contribution < 1.29 is 13.9 Å². The van der Waals surface area contributed by atoms with Gasteiger partial charge in [0.2, 0.25) is 0 Å². The van der Waals surface area contributed by atoms with Gasteiger partial charge in [0, 0.05) is 23.5 Å². The number of aromatic nitrogens is 2. The summed E-state index contributed by atoms with van der Waals surface area (Å²) in [5, 5.41) is 0.